The quantitative estimate of drug-likeness (QED) is 0.473. The van der Waals surface area contributed by atoms with Crippen LogP contribution in [0.4, 0.5) is 0 Å². The van der Waals surface area contributed by atoms with Crippen LogP contribution in [0.3, 0.4) is 0 Å². The zero-order valence-corrected chi connectivity index (χ0v) is 7.45. The summed E-state index contributed by atoms with van der Waals surface area (Å²) in [5, 5.41) is 0. The molecule has 0 aromatic carbocycles. The number of hydrogen-bond donors (Lipinski definition) is 0. The highest BCUT2D eigenvalue weighted by Gasteiger charge is 2.39. The second-order valence-corrected chi connectivity index (χ2v) is 3.28. The highest BCUT2D eigenvalue weighted by molar-refractivity contribution is 5.50. The third kappa shape index (κ3) is 1.93. The van der Waals surface area contributed by atoms with Crippen molar-refractivity contribution < 1.29 is 14.3 Å². The number of carbonyl (C=O) groups excluding carboxylic acids is 1. The topological polar surface area (TPSA) is 35.5 Å². The van der Waals surface area contributed by atoms with E-state index in [4.69, 9.17) is 9.47 Å². The first kappa shape index (κ1) is 9.42. The van der Waals surface area contributed by atoms with E-state index >= 15 is 0 Å². The number of aldehydes is 1. The van der Waals surface area contributed by atoms with Gasteiger partial charge in [-0.25, -0.2) is 0 Å². The molecular formula is C9H14O3. The molecule has 0 spiro atoms. The first-order valence-electron chi connectivity index (χ1n) is 4.01. The SMILES string of the molecule is C=CC1OC(C)(C)OC1CC=O. The van der Waals surface area contributed by atoms with Crippen LogP contribution in [0.2, 0.25) is 0 Å². The largest absolute Gasteiger partial charge is 0.344 e. The van der Waals surface area contributed by atoms with Gasteiger partial charge >= 0.3 is 0 Å². The molecule has 0 aromatic rings. The fourth-order valence-corrected chi connectivity index (χ4v) is 1.34. The number of hydrogen-bond acceptors (Lipinski definition) is 3. The minimum atomic E-state index is -0.591. The molecule has 68 valence electrons. The number of rotatable bonds is 3. The van der Waals surface area contributed by atoms with E-state index in [1.165, 1.54) is 0 Å². The summed E-state index contributed by atoms with van der Waals surface area (Å²) in [5.41, 5.74) is 0. The molecule has 1 aliphatic heterocycles. The van der Waals surface area contributed by atoms with Crippen LogP contribution >= 0.6 is 0 Å². The van der Waals surface area contributed by atoms with Gasteiger partial charge in [-0.15, -0.1) is 6.58 Å². The molecule has 1 fully saturated rings. The lowest BCUT2D eigenvalue weighted by Gasteiger charge is -2.15. The average Bonchev–Trinajstić information content (AvgIpc) is 2.26. The molecule has 1 aliphatic rings. The Kier molecular flexibility index (Phi) is 2.65. The van der Waals surface area contributed by atoms with Gasteiger partial charge < -0.3 is 14.3 Å². The van der Waals surface area contributed by atoms with Crippen molar-refractivity contribution in [1.82, 2.24) is 0 Å². The third-order valence-electron chi connectivity index (χ3n) is 1.78. The van der Waals surface area contributed by atoms with Crippen molar-refractivity contribution >= 4 is 6.29 Å². The van der Waals surface area contributed by atoms with Crippen molar-refractivity contribution in [2.45, 2.75) is 38.3 Å². The van der Waals surface area contributed by atoms with Gasteiger partial charge in [0.15, 0.2) is 5.79 Å². The molecule has 0 saturated carbocycles. The molecule has 0 radical (unpaired) electrons. The average molecular weight is 170 g/mol. The summed E-state index contributed by atoms with van der Waals surface area (Å²) < 4.78 is 10.9. The van der Waals surface area contributed by atoms with Crippen LogP contribution in [0.25, 0.3) is 0 Å². The van der Waals surface area contributed by atoms with E-state index in [0.717, 1.165) is 6.29 Å². The minimum Gasteiger partial charge on any atom is -0.344 e. The van der Waals surface area contributed by atoms with E-state index < -0.39 is 5.79 Å². The predicted octanol–water partition coefficient (Wildman–Crippen LogP) is 1.28. The van der Waals surface area contributed by atoms with Crippen molar-refractivity contribution in [2.24, 2.45) is 0 Å². The first-order chi connectivity index (χ1) is 5.59. The normalized spacial score (nSPS) is 33.2. The maximum Gasteiger partial charge on any atom is 0.164 e. The maximum atomic E-state index is 10.3. The molecule has 1 saturated heterocycles. The van der Waals surface area contributed by atoms with Crippen LogP contribution in [0.5, 0.6) is 0 Å². The Balaban J connectivity index is 2.62. The summed E-state index contributed by atoms with van der Waals surface area (Å²) in [7, 11) is 0. The molecule has 0 aromatic heterocycles. The van der Waals surface area contributed by atoms with Crippen molar-refractivity contribution in [2.75, 3.05) is 0 Å². The van der Waals surface area contributed by atoms with Crippen LogP contribution < -0.4 is 0 Å². The Morgan fingerprint density at radius 2 is 2.17 bits per heavy atom. The molecule has 2 atom stereocenters. The standard InChI is InChI=1S/C9H14O3/c1-4-7-8(5-6-10)12-9(2,3)11-7/h4,6-8H,1,5H2,2-3H3. The Morgan fingerprint density at radius 1 is 1.50 bits per heavy atom. The summed E-state index contributed by atoms with van der Waals surface area (Å²) in [6, 6.07) is 0. The zero-order chi connectivity index (χ0) is 9.19. The van der Waals surface area contributed by atoms with Crippen LogP contribution in [0.1, 0.15) is 20.3 Å². The lowest BCUT2D eigenvalue weighted by atomic mass is 10.1. The summed E-state index contributed by atoms with van der Waals surface area (Å²) >= 11 is 0. The molecule has 1 heterocycles. The Hall–Kier alpha value is -0.670. The van der Waals surface area contributed by atoms with Crippen molar-refractivity contribution in [1.29, 1.82) is 0 Å². The van der Waals surface area contributed by atoms with Gasteiger partial charge in [0.2, 0.25) is 0 Å². The zero-order valence-electron chi connectivity index (χ0n) is 7.45. The number of carbonyl (C=O) groups is 1. The molecule has 12 heavy (non-hydrogen) atoms. The minimum absolute atomic E-state index is 0.162. The molecule has 3 nitrogen and oxygen atoms in total. The third-order valence-corrected chi connectivity index (χ3v) is 1.78. The molecule has 0 N–H and O–H groups in total. The maximum absolute atomic E-state index is 10.3. The fraction of sp³-hybridized carbons (Fsp3) is 0.667. The van der Waals surface area contributed by atoms with Gasteiger partial charge in [-0.2, -0.15) is 0 Å². The Labute approximate surface area is 72.4 Å². The van der Waals surface area contributed by atoms with E-state index in [2.05, 4.69) is 6.58 Å². The molecule has 0 bridgehead atoms. The van der Waals surface area contributed by atoms with Gasteiger partial charge in [-0.05, 0) is 13.8 Å². The van der Waals surface area contributed by atoms with Crippen LogP contribution in [-0.4, -0.2) is 24.3 Å². The summed E-state index contributed by atoms with van der Waals surface area (Å²) in [6.07, 6.45) is 2.54. The number of ether oxygens (including phenoxy) is 2. The molecule has 1 rings (SSSR count). The summed E-state index contributed by atoms with van der Waals surface area (Å²) in [5.74, 6) is -0.591. The van der Waals surface area contributed by atoms with Gasteiger partial charge in [0.1, 0.15) is 12.4 Å². The van der Waals surface area contributed by atoms with Crippen molar-refractivity contribution in [3.63, 3.8) is 0 Å². The second-order valence-electron chi connectivity index (χ2n) is 3.28. The van der Waals surface area contributed by atoms with E-state index in [1.807, 2.05) is 13.8 Å². The molecule has 3 heteroatoms. The highest BCUT2D eigenvalue weighted by Crippen LogP contribution is 2.29. The van der Waals surface area contributed by atoms with Gasteiger partial charge in [0.25, 0.3) is 0 Å². The summed E-state index contributed by atoms with van der Waals surface area (Å²) in [6.45, 7) is 7.28. The van der Waals surface area contributed by atoms with E-state index in [0.29, 0.717) is 6.42 Å². The lowest BCUT2D eigenvalue weighted by Crippen LogP contribution is -2.21. The van der Waals surface area contributed by atoms with E-state index in [-0.39, 0.29) is 12.2 Å². The summed E-state index contributed by atoms with van der Waals surface area (Å²) in [4.78, 5) is 10.3. The van der Waals surface area contributed by atoms with Gasteiger partial charge in [0.05, 0.1) is 6.10 Å². The lowest BCUT2D eigenvalue weighted by molar-refractivity contribution is -0.144. The molecule has 0 amide bonds. The predicted molar refractivity (Wildman–Crippen MR) is 44.7 cm³/mol. The Morgan fingerprint density at radius 3 is 2.67 bits per heavy atom. The van der Waals surface area contributed by atoms with E-state index in [9.17, 15) is 4.79 Å². The molecule has 0 aliphatic carbocycles. The Bertz CT molecular complexity index is 186. The van der Waals surface area contributed by atoms with Crippen LogP contribution in [0, 0.1) is 0 Å². The van der Waals surface area contributed by atoms with Crippen LogP contribution in [-0.2, 0) is 14.3 Å². The second kappa shape index (κ2) is 3.37. The molecule has 2 unspecified atom stereocenters. The van der Waals surface area contributed by atoms with Crippen molar-refractivity contribution in [3.05, 3.63) is 12.7 Å². The monoisotopic (exact) mass is 170 g/mol. The van der Waals surface area contributed by atoms with Gasteiger partial charge in [0, 0.05) is 6.42 Å². The fourth-order valence-electron chi connectivity index (χ4n) is 1.34. The van der Waals surface area contributed by atoms with Crippen LogP contribution in [0.15, 0.2) is 12.7 Å². The van der Waals surface area contributed by atoms with Gasteiger partial charge in [-0.3, -0.25) is 0 Å². The van der Waals surface area contributed by atoms with E-state index in [1.54, 1.807) is 6.08 Å². The highest BCUT2D eigenvalue weighted by atomic mass is 16.7. The smallest absolute Gasteiger partial charge is 0.164 e. The van der Waals surface area contributed by atoms with Gasteiger partial charge in [-0.1, -0.05) is 6.08 Å². The molecular weight excluding hydrogens is 156 g/mol. The first-order valence-corrected chi connectivity index (χ1v) is 4.01. The van der Waals surface area contributed by atoms with Crippen molar-refractivity contribution in [3.8, 4) is 0 Å².